The summed E-state index contributed by atoms with van der Waals surface area (Å²) in [7, 11) is 0. The lowest BCUT2D eigenvalue weighted by atomic mass is 10.2. The van der Waals surface area contributed by atoms with Crippen LogP contribution in [0.1, 0.15) is 24.4 Å². The number of pyridine rings is 1. The van der Waals surface area contributed by atoms with Crippen LogP contribution in [0.4, 0.5) is 0 Å². The van der Waals surface area contributed by atoms with Gasteiger partial charge in [0.25, 0.3) is 0 Å². The van der Waals surface area contributed by atoms with Crippen LogP contribution in [0, 0.1) is 0 Å². The van der Waals surface area contributed by atoms with Gasteiger partial charge in [0.05, 0.1) is 23.7 Å². The summed E-state index contributed by atoms with van der Waals surface area (Å²) >= 11 is 1.61. The summed E-state index contributed by atoms with van der Waals surface area (Å²) in [4.78, 5) is 8.91. The Morgan fingerprint density at radius 2 is 2.25 bits per heavy atom. The van der Waals surface area contributed by atoms with Crippen LogP contribution in [0.25, 0.3) is 10.7 Å². The number of furan rings is 1. The van der Waals surface area contributed by atoms with Gasteiger partial charge in [-0.05, 0) is 31.2 Å². The van der Waals surface area contributed by atoms with Crippen molar-refractivity contribution in [3.05, 3.63) is 59.6 Å². The van der Waals surface area contributed by atoms with Gasteiger partial charge in [-0.15, -0.1) is 11.3 Å². The van der Waals surface area contributed by atoms with E-state index in [2.05, 4.69) is 27.6 Å². The fourth-order valence-electron chi connectivity index (χ4n) is 1.89. The van der Waals surface area contributed by atoms with E-state index in [4.69, 9.17) is 4.42 Å². The second-order valence-electron chi connectivity index (χ2n) is 4.48. The molecule has 0 fully saturated rings. The molecule has 4 nitrogen and oxygen atoms in total. The first-order chi connectivity index (χ1) is 9.83. The maximum absolute atomic E-state index is 5.37. The normalized spacial score (nSPS) is 12.4. The Morgan fingerprint density at radius 1 is 1.30 bits per heavy atom. The highest BCUT2D eigenvalue weighted by Gasteiger charge is 2.09. The summed E-state index contributed by atoms with van der Waals surface area (Å²) in [5, 5.41) is 6.41. The minimum absolute atomic E-state index is 0.171. The molecule has 5 heteroatoms. The molecular weight excluding hydrogens is 270 g/mol. The third-order valence-corrected chi connectivity index (χ3v) is 3.91. The second kappa shape index (κ2) is 5.98. The molecule has 3 heterocycles. The molecule has 0 aliphatic heterocycles. The van der Waals surface area contributed by atoms with Gasteiger partial charge in [-0.2, -0.15) is 0 Å². The first-order valence-corrected chi connectivity index (χ1v) is 7.33. The van der Waals surface area contributed by atoms with Crippen molar-refractivity contribution >= 4 is 11.3 Å². The molecule has 0 aromatic carbocycles. The topological polar surface area (TPSA) is 51.0 Å². The van der Waals surface area contributed by atoms with Crippen molar-refractivity contribution in [3.8, 4) is 10.7 Å². The number of thiazole rings is 1. The van der Waals surface area contributed by atoms with Gasteiger partial charge in [0.15, 0.2) is 0 Å². The molecule has 0 aliphatic rings. The zero-order valence-corrected chi connectivity index (χ0v) is 11.9. The largest absolute Gasteiger partial charge is 0.468 e. The SMILES string of the molecule is C[C@@H](NCc1csc(-c2ccccn2)n1)c1ccco1. The molecule has 0 spiro atoms. The highest BCUT2D eigenvalue weighted by molar-refractivity contribution is 7.13. The van der Waals surface area contributed by atoms with Crippen molar-refractivity contribution < 1.29 is 4.42 Å². The van der Waals surface area contributed by atoms with E-state index in [1.165, 1.54) is 0 Å². The van der Waals surface area contributed by atoms with Crippen LogP contribution in [-0.4, -0.2) is 9.97 Å². The third-order valence-electron chi connectivity index (χ3n) is 3.00. The Morgan fingerprint density at radius 3 is 3.00 bits per heavy atom. The smallest absolute Gasteiger partial charge is 0.142 e. The van der Waals surface area contributed by atoms with Gasteiger partial charge < -0.3 is 9.73 Å². The highest BCUT2D eigenvalue weighted by atomic mass is 32.1. The van der Waals surface area contributed by atoms with E-state index >= 15 is 0 Å². The van der Waals surface area contributed by atoms with Crippen molar-refractivity contribution in [1.29, 1.82) is 0 Å². The fourth-order valence-corrected chi connectivity index (χ4v) is 2.69. The lowest BCUT2D eigenvalue weighted by Gasteiger charge is -2.09. The molecule has 102 valence electrons. The minimum Gasteiger partial charge on any atom is -0.468 e. The molecule has 0 radical (unpaired) electrons. The number of hydrogen-bond acceptors (Lipinski definition) is 5. The number of aromatic nitrogens is 2. The fraction of sp³-hybridized carbons (Fsp3) is 0.200. The molecule has 0 unspecified atom stereocenters. The van der Waals surface area contributed by atoms with Crippen molar-refractivity contribution in [3.63, 3.8) is 0 Å². The van der Waals surface area contributed by atoms with Crippen LogP contribution in [0.2, 0.25) is 0 Å². The van der Waals surface area contributed by atoms with Gasteiger partial charge in [0.2, 0.25) is 0 Å². The Balaban J connectivity index is 1.63. The molecule has 0 saturated heterocycles. The summed E-state index contributed by atoms with van der Waals surface area (Å²) in [6.07, 6.45) is 3.48. The average molecular weight is 285 g/mol. The quantitative estimate of drug-likeness (QED) is 0.777. The molecule has 1 atom stereocenters. The average Bonchev–Trinajstić information content (AvgIpc) is 3.17. The maximum Gasteiger partial charge on any atom is 0.142 e. The van der Waals surface area contributed by atoms with E-state index in [9.17, 15) is 0 Å². The van der Waals surface area contributed by atoms with E-state index in [0.717, 1.165) is 22.2 Å². The zero-order valence-electron chi connectivity index (χ0n) is 11.1. The summed E-state index contributed by atoms with van der Waals surface area (Å²) in [6, 6.07) is 9.89. The zero-order chi connectivity index (χ0) is 13.8. The summed E-state index contributed by atoms with van der Waals surface area (Å²) in [6.45, 7) is 2.79. The van der Waals surface area contributed by atoms with E-state index < -0.39 is 0 Å². The molecule has 3 aromatic heterocycles. The van der Waals surface area contributed by atoms with Crippen molar-refractivity contribution in [1.82, 2.24) is 15.3 Å². The highest BCUT2D eigenvalue weighted by Crippen LogP contribution is 2.21. The van der Waals surface area contributed by atoms with Crippen LogP contribution in [0.5, 0.6) is 0 Å². The Kier molecular flexibility index (Phi) is 3.90. The number of rotatable bonds is 5. The Bertz CT molecular complexity index is 649. The standard InChI is InChI=1S/C15H15N3OS/c1-11(14-6-4-8-19-14)17-9-12-10-20-15(18-12)13-5-2-3-7-16-13/h2-8,10-11,17H,9H2,1H3/t11-/m1/s1. The monoisotopic (exact) mass is 285 g/mol. The molecule has 3 aromatic rings. The van der Waals surface area contributed by atoms with E-state index in [-0.39, 0.29) is 6.04 Å². The Hall–Kier alpha value is -1.98. The van der Waals surface area contributed by atoms with Gasteiger partial charge in [0.1, 0.15) is 10.8 Å². The van der Waals surface area contributed by atoms with E-state index in [1.54, 1.807) is 23.8 Å². The molecule has 3 rings (SSSR count). The van der Waals surface area contributed by atoms with Crippen LogP contribution in [-0.2, 0) is 6.54 Å². The summed E-state index contributed by atoms with van der Waals surface area (Å²) < 4.78 is 5.37. The van der Waals surface area contributed by atoms with Crippen LogP contribution < -0.4 is 5.32 Å². The molecule has 0 saturated carbocycles. The lowest BCUT2D eigenvalue weighted by molar-refractivity contribution is 0.429. The van der Waals surface area contributed by atoms with Gasteiger partial charge in [-0.25, -0.2) is 4.98 Å². The third kappa shape index (κ3) is 2.95. The van der Waals surface area contributed by atoms with Crippen molar-refractivity contribution in [2.24, 2.45) is 0 Å². The summed E-state index contributed by atoms with van der Waals surface area (Å²) in [5.74, 6) is 0.935. The van der Waals surface area contributed by atoms with E-state index in [0.29, 0.717) is 6.54 Å². The Labute approximate surface area is 121 Å². The van der Waals surface area contributed by atoms with Crippen molar-refractivity contribution in [2.75, 3.05) is 0 Å². The molecule has 0 aliphatic carbocycles. The number of nitrogens with zero attached hydrogens (tertiary/aromatic N) is 2. The lowest BCUT2D eigenvalue weighted by Crippen LogP contribution is -2.17. The van der Waals surface area contributed by atoms with E-state index in [1.807, 2.05) is 30.3 Å². The predicted molar refractivity (Wildman–Crippen MR) is 79.3 cm³/mol. The molecule has 20 heavy (non-hydrogen) atoms. The second-order valence-corrected chi connectivity index (χ2v) is 5.34. The molecule has 0 bridgehead atoms. The van der Waals surface area contributed by atoms with Gasteiger partial charge in [0, 0.05) is 18.1 Å². The predicted octanol–water partition coefficient (Wildman–Crippen LogP) is 3.65. The summed E-state index contributed by atoms with van der Waals surface area (Å²) in [5.41, 5.74) is 1.94. The number of nitrogens with one attached hydrogen (secondary N) is 1. The molecule has 0 amide bonds. The maximum atomic E-state index is 5.37. The van der Waals surface area contributed by atoms with Gasteiger partial charge in [-0.3, -0.25) is 4.98 Å². The van der Waals surface area contributed by atoms with Crippen LogP contribution >= 0.6 is 11.3 Å². The van der Waals surface area contributed by atoms with Crippen molar-refractivity contribution in [2.45, 2.75) is 19.5 Å². The van der Waals surface area contributed by atoms with Gasteiger partial charge in [-0.1, -0.05) is 6.07 Å². The minimum atomic E-state index is 0.171. The first-order valence-electron chi connectivity index (χ1n) is 6.45. The van der Waals surface area contributed by atoms with Crippen LogP contribution in [0.3, 0.4) is 0 Å². The number of hydrogen-bond donors (Lipinski definition) is 1. The first kappa shape index (κ1) is 13.0. The van der Waals surface area contributed by atoms with Crippen LogP contribution in [0.15, 0.2) is 52.6 Å². The molecule has 1 N–H and O–H groups in total. The molecular formula is C15H15N3OS. The van der Waals surface area contributed by atoms with Gasteiger partial charge >= 0.3 is 0 Å².